The molecule has 0 fully saturated rings. The maximum absolute atomic E-state index is 12.9. The third kappa shape index (κ3) is 5.45. The number of ketones is 2. The highest BCUT2D eigenvalue weighted by Crippen LogP contribution is 2.21. The van der Waals surface area contributed by atoms with Gasteiger partial charge in [-0.3, -0.25) is 14.4 Å². The lowest BCUT2D eigenvalue weighted by atomic mass is 9.98. The Balaban J connectivity index is 1.49. The van der Waals surface area contributed by atoms with Gasteiger partial charge in [0.05, 0.1) is 11.3 Å². The highest BCUT2D eigenvalue weighted by atomic mass is 16.5. The molecule has 0 radical (unpaired) electrons. The van der Waals surface area contributed by atoms with Crippen LogP contribution in [-0.4, -0.2) is 29.5 Å². The molecule has 0 aromatic heterocycles. The molecule has 0 spiro atoms. The number of nitrogens with one attached hydrogen (secondary N) is 1. The molecule has 36 heavy (non-hydrogen) atoms. The summed E-state index contributed by atoms with van der Waals surface area (Å²) in [7, 11) is 0. The number of anilines is 1. The first-order valence-electron chi connectivity index (χ1n) is 11.3. The van der Waals surface area contributed by atoms with E-state index in [9.17, 15) is 19.2 Å². The molecule has 178 valence electrons. The van der Waals surface area contributed by atoms with Crippen LogP contribution in [0.5, 0.6) is 0 Å². The van der Waals surface area contributed by atoms with E-state index in [1.807, 2.05) is 6.07 Å². The molecule has 1 atom stereocenters. The molecule has 0 unspecified atom stereocenters. The summed E-state index contributed by atoms with van der Waals surface area (Å²) in [4.78, 5) is 51.6. The second kappa shape index (κ2) is 11.1. The fourth-order valence-corrected chi connectivity index (χ4v) is 3.65. The quantitative estimate of drug-likeness (QED) is 0.274. The topological polar surface area (TPSA) is 89.5 Å². The maximum Gasteiger partial charge on any atom is 0.339 e. The monoisotopic (exact) mass is 477 g/mol. The summed E-state index contributed by atoms with van der Waals surface area (Å²) >= 11 is 0. The predicted molar refractivity (Wildman–Crippen MR) is 136 cm³/mol. The van der Waals surface area contributed by atoms with Crippen LogP contribution in [0.1, 0.15) is 49.1 Å². The van der Waals surface area contributed by atoms with Crippen LogP contribution in [0.4, 0.5) is 5.69 Å². The van der Waals surface area contributed by atoms with Crippen LogP contribution in [-0.2, 0) is 9.53 Å². The van der Waals surface area contributed by atoms with E-state index in [2.05, 4.69) is 5.32 Å². The van der Waals surface area contributed by atoms with Crippen LogP contribution in [0.3, 0.4) is 0 Å². The maximum atomic E-state index is 12.9. The molecule has 0 aliphatic rings. The van der Waals surface area contributed by atoms with E-state index >= 15 is 0 Å². The number of rotatable bonds is 8. The molecule has 1 N–H and O–H groups in total. The van der Waals surface area contributed by atoms with E-state index in [4.69, 9.17) is 4.74 Å². The first kappa shape index (κ1) is 24.3. The van der Waals surface area contributed by atoms with Crippen molar-refractivity contribution in [3.63, 3.8) is 0 Å². The number of para-hydroxylation sites is 1. The molecule has 0 saturated carbocycles. The smallest absolute Gasteiger partial charge is 0.339 e. The second-order valence-electron chi connectivity index (χ2n) is 8.02. The van der Waals surface area contributed by atoms with Crippen LogP contribution in [0.2, 0.25) is 0 Å². The molecular formula is C30H23NO5. The Kier molecular flexibility index (Phi) is 7.46. The first-order valence-corrected chi connectivity index (χ1v) is 11.3. The summed E-state index contributed by atoms with van der Waals surface area (Å²) in [5.74, 6) is -1.98. The molecule has 0 aliphatic carbocycles. The normalized spacial score (nSPS) is 11.2. The van der Waals surface area contributed by atoms with Gasteiger partial charge in [-0.25, -0.2) is 4.79 Å². The molecule has 6 heteroatoms. The van der Waals surface area contributed by atoms with E-state index in [1.165, 1.54) is 13.0 Å². The van der Waals surface area contributed by atoms with Gasteiger partial charge in [-0.2, -0.15) is 0 Å². The van der Waals surface area contributed by atoms with Gasteiger partial charge in [0.25, 0.3) is 5.91 Å². The average molecular weight is 478 g/mol. The van der Waals surface area contributed by atoms with Crippen molar-refractivity contribution in [2.75, 3.05) is 5.32 Å². The summed E-state index contributed by atoms with van der Waals surface area (Å²) in [6, 6.07) is 30.2. The fourth-order valence-electron chi connectivity index (χ4n) is 3.65. The molecule has 4 aromatic carbocycles. The molecule has 4 rings (SSSR count). The summed E-state index contributed by atoms with van der Waals surface area (Å²) in [6.45, 7) is 1.43. The van der Waals surface area contributed by atoms with E-state index in [1.54, 1.807) is 97.1 Å². The zero-order valence-corrected chi connectivity index (χ0v) is 19.5. The lowest BCUT2D eigenvalue weighted by Gasteiger charge is -2.16. The highest BCUT2D eigenvalue weighted by molar-refractivity contribution is 6.15. The Labute approximate surface area is 208 Å². The summed E-state index contributed by atoms with van der Waals surface area (Å²) < 4.78 is 5.39. The van der Waals surface area contributed by atoms with E-state index in [0.717, 1.165) is 0 Å². The van der Waals surface area contributed by atoms with Gasteiger partial charge in [0, 0.05) is 22.3 Å². The Bertz CT molecular complexity index is 1410. The molecule has 0 saturated heterocycles. The fraction of sp³-hybridized carbons (Fsp3) is 0.0667. The number of hydrogen-bond donors (Lipinski definition) is 1. The van der Waals surface area contributed by atoms with Gasteiger partial charge >= 0.3 is 5.97 Å². The zero-order valence-electron chi connectivity index (χ0n) is 19.5. The standard InChI is InChI=1S/C30H23NO5/c1-20(29(34)31-26-19-11-10-18-25(26)28(33)22-14-6-3-7-15-22)36-30(35)24-17-9-8-16-23(24)27(32)21-12-4-2-5-13-21/h2-20H,1H3,(H,31,34)/t20-/m1/s1. The number of amides is 1. The minimum atomic E-state index is -1.18. The summed E-state index contributed by atoms with van der Waals surface area (Å²) in [5.41, 5.74) is 1.78. The number of esters is 1. The van der Waals surface area contributed by atoms with E-state index in [0.29, 0.717) is 22.4 Å². The molecule has 0 bridgehead atoms. The van der Waals surface area contributed by atoms with Gasteiger partial charge in [0.1, 0.15) is 0 Å². The van der Waals surface area contributed by atoms with E-state index < -0.39 is 18.0 Å². The summed E-state index contributed by atoms with van der Waals surface area (Å²) in [6.07, 6.45) is -1.18. The Hall–Kier alpha value is -4.84. The zero-order chi connectivity index (χ0) is 25.5. The molecule has 6 nitrogen and oxygen atoms in total. The van der Waals surface area contributed by atoms with Crippen LogP contribution in [0, 0.1) is 0 Å². The third-order valence-electron chi connectivity index (χ3n) is 5.55. The van der Waals surface area contributed by atoms with Gasteiger partial charge in [-0.1, -0.05) is 91.0 Å². The van der Waals surface area contributed by atoms with Crippen molar-refractivity contribution in [2.45, 2.75) is 13.0 Å². The number of hydrogen-bond acceptors (Lipinski definition) is 5. The molecule has 0 heterocycles. The molecule has 1 amide bonds. The third-order valence-corrected chi connectivity index (χ3v) is 5.55. The van der Waals surface area contributed by atoms with Crippen molar-refractivity contribution in [2.24, 2.45) is 0 Å². The SMILES string of the molecule is C[C@@H](OC(=O)c1ccccc1C(=O)c1ccccc1)C(=O)Nc1ccccc1C(=O)c1ccccc1. The highest BCUT2D eigenvalue weighted by Gasteiger charge is 2.24. The van der Waals surface area contributed by atoms with Gasteiger partial charge in [0.2, 0.25) is 0 Å². The van der Waals surface area contributed by atoms with Gasteiger partial charge < -0.3 is 10.1 Å². The van der Waals surface area contributed by atoms with Gasteiger partial charge in [0.15, 0.2) is 17.7 Å². The van der Waals surface area contributed by atoms with Crippen LogP contribution < -0.4 is 5.32 Å². The van der Waals surface area contributed by atoms with Crippen molar-refractivity contribution < 1.29 is 23.9 Å². The molecular weight excluding hydrogens is 454 g/mol. The Morgan fingerprint density at radius 1 is 0.583 bits per heavy atom. The van der Waals surface area contributed by atoms with Gasteiger partial charge in [-0.05, 0) is 25.1 Å². The number of carbonyl (C=O) groups excluding carboxylic acids is 4. The largest absolute Gasteiger partial charge is 0.449 e. The minimum absolute atomic E-state index is 0.0608. The molecule has 4 aromatic rings. The Morgan fingerprint density at radius 3 is 1.61 bits per heavy atom. The lowest BCUT2D eigenvalue weighted by Crippen LogP contribution is -2.31. The number of ether oxygens (including phenoxy) is 1. The Morgan fingerprint density at radius 2 is 1.03 bits per heavy atom. The summed E-state index contributed by atoms with van der Waals surface area (Å²) in [5, 5.41) is 2.68. The van der Waals surface area contributed by atoms with Crippen molar-refractivity contribution >= 4 is 29.1 Å². The van der Waals surface area contributed by atoms with Gasteiger partial charge in [-0.15, -0.1) is 0 Å². The average Bonchev–Trinajstić information content (AvgIpc) is 2.93. The van der Waals surface area contributed by atoms with Crippen LogP contribution >= 0.6 is 0 Å². The lowest BCUT2D eigenvalue weighted by molar-refractivity contribution is -0.123. The van der Waals surface area contributed by atoms with Crippen LogP contribution in [0.15, 0.2) is 109 Å². The molecule has 0 aliphatic heterocycles. The number of carbonyl (C=O) groups is 4. The van der Waals surface area contributed by atoms with E-state index in [-0.39, 0.29) is 22.7 Å². The first-order chi connectivity index (χ1) is 17.5. The van der Waals surface area contributed by atoms with Crippen molar-refractivity contribution in [3.05, 3.63) is 137 Å². The van der Waals surface area contributed by atoms with Crippen molar-refractivity contribution in [1.29, 1.82) is 0 Å². The van der Waals surface area contributed by atoms with Crippen molar-refractivity contribution in [3.8, 4) is 0 Å². The minimum Gasteiger partial charge on any atom is -0.449 e. The van der Waals surface area contributed by atoms with Crippen LogP contribution in [0.25, 0.3) is 0 Å². The number of benzene rings is 4. The second-order valence-corrected chi connectivity index (χ2v) is 8.02. The predicted octanol–water partition coefficient (Wildman–Crippen LogP) is 5.33. The van der Waals surface area contributed by atoms with Crippen molar-refractivity contribution in [1.82, 2.24) is 0 Å².